The minimum Gasteiger partial charge on any atom is -0.360 e. The summed E-state index contributed by atoms with van der Waals surface area (Å²) in [6.45, 7) is 5.70. The Bertz CT molecular complexity index is 434. The molecule has 0 saturated carbocycles. The highest BCUT2D eigenvalue weighted by Gasteiger charge is 2.09. The lowest BCUT2D eigenvalue weighted by molar-refractivity contribution is -0.119. The number of carbonyl (C=O) groups is 2. The lowest BCUT2D eigenvalue weighted by atomic mass is 10.3. The molecule has 19 heavy (non-hydrogen) atoms. The van der Waals surface area contributed by atoms with Gasteiger partial charge in [0.2, 0.25) is 11.8 Å². The molecule has 1 atom stereocenters. The van der Waals surface area contributed by atoms with Crippen molar-refractivity contribution in [1.29, 1.82) is 0 Å². The van der Waals surface area contributed by atoms with Gasteiger partial charge in [0.25, 0.3) is 0 Å². The first-order valence-corrected chi connectivity index (χ1v) is 7.27. The smallest absolute Gasteiger partial charge is 0.235 e. The summed E-state index contributed by atoms with van der Waals surface area (Å²) in [7, 11) is 0. The van der Waals surface area contributed by atoms with E-state index in [2.05, 4.69) is 15.8 Å². The second-order valence-electron chi connectivity index (χ2n) is 4.24. The van der Waals surface area contributed by atoms with Gasteiger partial charge in [0.05, 0.1) is 11.5 Å². The Morgan fingerprint density at radius 1 is 1.42 bits per heavy atom. The molecule has 2 N–H and O–H groups in total. The Kier molecular flexibility index (Phi) is 6.41. The van der Waals surface area contributed by atoms with E-state index in [1.54, 1.807) is 13.0 Å². The van der Waals surface area contributed by atoms with Gasteiger partial charge in [0, 0.05) is 12.1 Å². The molecule has 0 aliphatic heterocycles. The molecule has 1 heterocycles. The molecule has 0 bridgehead atoms. The predicted molar refractivity (Wildman–Crippen MR) is 75.1 cm³/mol. The van der Waals surface area contributed by atoms with Gasteiger partial charge in [-0.05, 0) is 20.3 Å². The first-order valence-electron chi connectivity index (χ1n) is 6.11. The summed E-state index contributed by atoms with van der Waals surface area (Å²) in [6.07, 6.45) is 0.891. The van der Waals surface area contributed by atoms with Crippen LogP contribution in [0, 0.1) is 6.92 Å². The number of hydrogen-bond donors (Lipinski definition) is 2. The van der Waals surface area contributed by atoms with E-state index in [0.717, 1.165) is 6.42 Å². The first-order chi connectivity index (χ1) is 9.01. The zero-order valence-electron chi connectivity index (χ0n) is 11.4. The minimum atomic E-state index is -0.199. The summed E-state index contributed by atoms with van der Waals surface area (Å²) in [4.78, 5) is 23.0. The maximum atomic E-state index is 11.5. The van der Waals surface area contributed by atoms with E-state index in [1.165, 1.54) is 11.8 Å². The maximum absolute atomic E-state index is 11.5. The second kappa shape index (κ2) is 7.83. The van der Waals surface area contributed by atoms with Crippen molar-refractivity contribution in [3.05, 3.63) is 11.8 Å². The number of nitrogens with zero attached hydrogens (tertiary/aromatic N) is 1. The molecule has 1 rings (SSSR count). The Balaban J connectivity index is 2.18. The third-order valence-electron chi connectivity index (χ3n) is 2.38. The standard InChI is InChI=1S/C12H19N3O3S/c1-4-8(2)13-11(16)6-19-7-12(17)14-10-5-9(3)18-15-10/h5,8H,4,6-7H2,1-3H3,(H,13,16)(H,14,15,17). The second-order valence-corrected chi connectivity index (χ2v) is 5.23. The largest absolute Gasteiger partial charge is 0.360 e. The molecular weight excluding hydrogens is 266 g/mol. The fourth-order valence-electron chi connectivity index (χ4n) is 1.26. The summed E-state index contributed by atoms with van der Waals surface area (Å²) in [5.41, 5.74) is 0. The van der Waals surface area contributed by atoms with Gasteiger partial charge in [0.1, 0.15) is 5.76 Å². The number of carbonyl (C=O) groups excluding carboxylic acids is 2. The monoisotopic (exact) mass is 285 g/mol. The summed E-state index contributed by atoms with van der Waals surface area (Å²) in [6, 6.07) is 1.80. The van der Waals surface area contributed by atoms with Crippen LogP contribution in [-0.2, 0) is 9.59 Å². The number of aryl methyl sites for hydroxylation is 1. The molecule has 1 aromatic rings. The van der Waals surface area contributed by atoms with E-state index in [4.69, 9.17) is 4.52 Å². The van der Waals surface area contributed by atoms with Crippen LogP contribution in [0.4, 0.5) is 5.82 Å². The van der Waals surface area contributed by atoms with E-state index in [0.29, 0.717) is 11.6 Å². The van der Waals surface area contributed by atoms with Crippen molar-refractivity contribution in [1.82, 2.24) is 10.5 Å². The molecule has 0 aromatic carbocycles. The van der Waals surface area contributed by atoms with Crippen molar-refractivity contribution in [3.63, 3.8) is 0 Å². The molecule has 2 amide bonds. The third-order valence-corrected chi connectivity index (χ3v) is 3.31. The van der Waals surface area contributed by atoms with E-state index in [-0.39, 0.29) is 29.4 Å². The van der Waals surface area contributed by atoms with Crippen LogP contribution in [0.3, 0.4) is 0 Å². The third kappa shape index (κ3) is 6.28. The molecular formula is C12H19N3O3S. The van der Waals surface area contributed by atoms with Gasteiger partial charge in [-0.25, -0.2) is 0 Å². The molecule has 0 saturated heterocycles. The van der Waals surface area contributed by atoms with Crippen LogP contribution in [0.5, 0.6) is 0 Å². The van der Waals surface area contributed by atoms with Gasteiger partial charge in [-0.15, -0.1) is 11.8 Å². The van der Waals surface area contributed by atoms with Crippen molar-refractivity contribution in [2.75, 3.05) is 16.8 Å². The summed E-state index contributed by atoms with van der Waals surface area (Å²) < 4.78 is 4.83. The lowest BCUT2D eigenvalue weighted by Gasteiger charge is -2.10. The van der Waals surface area contributed by atoms with Gasteiger partial charge in [-0.2, -0.15) is 0 Å². The number of thioether (sulfide) groups is 1. The number of hydrogen-bond acceptors (Lipinski definition) is 5. The van der Waals surface area contributed by atoms with Crippen molar-refractivity contribution in [2.45, 2.75) is 33.2 Å². The van der Waals surface area contributed by atoms with Gasteiger partial charge in [-0.1, -0.05) is 12.1 Å². The Morgan fingerprint density at radius 3 is 2.68 bits per heavy atom. The van der Waals surface area contributed by atoms with E-state index in [9.17, 15) is 9.59 Å². The fourth-order valence-corrected chi connectivity index (χ4v) is 1.89. The molecule has 0 aliphatic rings. The maximum Gasteiger partial charge on any atom is 0.235 e. The fraction of sp³-hybridized carbons (Fsp3) is 0.583. The normalized spacial score (nSPS) is 11.9. The lowest BCUT2D eigenvalue weighted by Crippen LogP contribution is -2.33. The number of aromatic nitrogens is 1. The van der Waals surface area contributed by atoms with Crippen LogP contribution >= 0.6 is 11.8 Å². The quantitative estimate of drug-likeness (QED) is 0.794. The molecule has 0 aliphatic carbocycles. The van der Waals surface area contributed by atoms with Crippen LogP contribution in [-0.4, -0.2) is 34.5 Å². The molecule has 0 fully saturated rings. The average Bonchev–Trinajstić information content (AvgIpc) is 2.74. The van der Waals surface area contributed by atoms with Crippen molar-refractivity contribution in [2.24, 2.45) is 0 Å². The molecule has 7 heteroatoms. The number of amides is 2. The highest BCUT2D eigenvalue weighted by Crippen LogP contribution is 2.08. The number of rotatable bonds is 7. The zero-order chi connectivity index (χ0) is 14.3. The number of nitrogens with one attached hydrogen (secondary N) is 2. The van der Waals surface area contributed by atoms with Crippen LogP contribution in [0.1, 0.15) is 26.0 Å². The van der Waals surface area contributed by atoms with Gasteiger partial charge >= 0.3 is 0 Å². The zero-order valence-corrected chi connectivity index (χ0v) is 12.2. The molecule has 106 valence electrons. The molecule has 0 spiro atoms. The molecule has 1 aromatic heterocycles. The summed E-state index contributed by atoms with van der Waals surface area (Å²) >= 11 is 1.27. The molecule has 6 nitrogen and oxygen atoms in total. The van der Waals surface area contributed by atoms with Crippen LogP contribution < -0.4 is 10.6 Å². The number of anilines is 1. The average molecular weight is 285 g/mol. The topological polar surface area (TPSA) is 84.2 Å². The Hall–Kier alpha value is -1.50. The SMILES string of the molecule is CCC(C)NC(=O)CSCC(=O)Nc1cc(C)on1. The van der Waals surface area contributed by atoms with Crippen molar-refractivity contribution >= 4 is 29.4 Å². The molecule has 0 radical (unpaired) electrons. The highest BCUT2D eigenvalue weighted by molar-refractivity contribution is 8.00. The van der Waals surface area contributed by atoms with Crippen molar-refractivity contribution in [3.8, 4) is 0 Å². The predicted octanol–water partition coefficient (Wildman–Crippen LogP) is 1.57. The van der Waals surface area contributed by atoms with Crippen molar-refractivity contribution < 1.29 is 14.1 Å². The van der Waals surface area contributed by atoms with Gasteiger partial charge in [0.15, 0.2) is 5.82 Å². The van der Waals surface area contributed by atoms with E-state index in [1.807, 2.05) is 13.8 Å². The van der Waals surface area contributed by atoms with Gasteiger partial charge in [-0.3, -0.25) is 9.59 Å². The van der Waals surface area contributed by atoms with Crippen LogP contribution in [0.15, 0.2) is 10.6 Å². The van der Waals surface area contributed by atoms with Crippen LogP contribution in [0.2, 0.25) is 0 Å². The Morgan fingerprint density at radius 2 is 2.11 bits per heavy atom. The van der Waals surface area contributed by atoms with E-state index < -0.39 is 0 Å². The van der Waals surface area contributed by atoms with Crippen LogP contribution in [0.25, 0.3) is 0 Å². The highest BCUT2D eigenvalue weighted by atomic mass is 32.2. The summed E-state index contributed by atoms with van der Waals surface area (Å²) in [5, 5.41) is 9.08. The first kappa shape index (κ1) is 15.6. The molecule has 1 unspecified atom stereocenters. The van der Waals surface area contributed by atoms with E-state index >= 15 is 0 Å². The van der Waals surface area contributed by atoms with Gasteiger partial charge < -0.3 is 15.2 Å². The minimum absolute atomic E-state index is 0.0515. The summed E-state index contributed by atoms with van der Waals surface area (Å²) in [5.74, 6) is 1.26. The Labute approximate surface area is 116 Å².